The quantitative estimate of drug-likeness (QED) is 0.470. The van der Waals surface area contributed by atoms with Gasteiger partial charge in [-0.1, -0.05) is 9.58 Å². The lowest BCUT2D eigenvalue weighted by molar-refractivity contribution is 0.605. The van der Waals surface area contributed by atoms with Gasteiger partial charge in [0.05, 0.1) is 0 Å². The van der Waals surface area contributed by atoms with Crippen molar-refractivity contribution in [2.45, 2.75) is 0 Å². The van der Waals surface area contributed by atoms with Gasteiger partial charge in [0.1, 0.15) is 0 Å². The van der Waals surface area contributed by atoms with E-state index in [4.69, 9.17) is 0 Å². The van der Waals surface area contributed by atoms with Crippen molar-refractivity contribution in [3.8, 4) is 0 Å². The maximum atomic E-state index is 11.1. The summed E-state index contributed by atoms with van der Waals surface area (Å²) < 4.78 is 11.1. The number of H-pyrrole nitrogens is 1. The van der Waals surface area contributed by atoms with E-state index < -0.39 is 0 Å². The number of hydrogen-bond acceptors (Lipinski definition) is 4. The molecular formula is CH2FN5. The van der Waals surface area contributed by atoms with Crippen LogP contribution < -0.4 is 5.54 Å². The SMILES string of the molecule is FNc1nn[nH]n1. The molecule has 6 heteroatoms. The highest BCUT2D eigenvalue weighted by Gasteiger charge is 1.88. The van der Waals surface area contributed by atoms with Crippen LogP contribution in [-0.2, 0) is 0 Å². The lowest BCUT2D eigenvalue weighted by Gasteiger charge is -1.74. The fourth-order valence-electron chi connectivity index (χ4n) is 0.202. The summed E-state index contributed by atoms with van der Waals surface area (Å²) in [7, 11) is 0. The lowest BCUT2D eigenvalue weighted by atomic mass is 11.1. The van der Waals surface area contributed by atoms with E-state index in [-0.39, 0.29) is 5.95 Å². The number of hydrogen-bond donors (Lipinski definition) is 2. The zero-order valence-electron chi connectivity index (χ0n) is 3.22. The van der Waals surface area contributed by atoms with E-state index >= 15 is 0 Å². The molecule has 1 aromatic rings. The summed E-state index contributed by atoms with van der Waals surface area (Å²) in [6.07, 6.45) is 0. The van der Waals surface area contributed by atoms with Gasteiger partial charge in [-0.25, -0.2) is 0 Å². The molecule has 0 aliphatic carbocycles. The fourth-order valence-corrected chi connectivity index (χ4v) is 0.202. The van der Waals surface area contributed by atoms with Crippen LogP contribution in [0.3, 0.4) is 0 Å². The van der Waals surface area contributed by atoms with Crippen molar-refractivity contribution in [1.82, 2.24) is 20.6 Å². The summed E-state index contributed by atoms with van der Waals surface area (Å²) >= 11 is 0. The van der Waals surface area contributed by atoms with Crippen molar-refractivity contribution >= 4 is 5.95 Å². The normalized spacial score (nSPS) is 8.71. The van der Waals surface area contributed by atoms with Crippen LogP contribution in [0.1, 0.15) is 0 Å². The Kier molecular flexibility index (Phi) is 0.851. The second-order valence-corrected chi connectivity index (χ2v) is 0.830. The monoisotopic (exact) mass is 103 g/mol. The standard InChI is InChI=1S/CH2FN5/c2-3-1-4-6-7-5-1/h(H2,3,4,5,6,7). The molecule has 0 fully saturated rings. The van der Waals surface area contributed by atoms with Crippen molar-refractivity contribution < 1.29 is 4.48 Å². The molecule has 0 aliphatic heterocycles. The summed E-state index contributed by atoms with van der Waals surface area (Å²) in [5.74, 6) is -0.153. The van der Waals surface area contributed by atoms with E-state index in [1.54, 1.807) is 0 Å². The minimum atomic E-state index is -0.153. The first-order valence-electron chi connectivity index (χ1n) is 1.53. The molecule has 38 valence electrons. The highest BCUT2D eigenvalue weighted by atomic mass is 19.2. The largest absolute Gasteiger partial charge is 0.290 e. The van der Waals surface area contributed by atoms with Crippen molar-refractivity contribution in [3.63, 3.8) is 0 Å². The van der Waals surface area contributed by atoms with Crippen LogP contribution in [0.2, 0.25) is 0 Å². The van der Waals surface area contributed by atoms with Crippen molar-refractivity contribution in [1.29, 1.82) is 0 Å². The lowest BCUT2D eigenvalue weighted by Crippen LogP contribution is -1.82. The molecular weight excluding hydrogens is 101 g/mol. The molecule has 5 nitrogen and oxygen atoms in total. The minimum Gasteiger partial charge on any atom is -0.187 e. The van der Waals surface area contributed by atoms with Gasteiger partial charge < -0.3 is 0 Å². The van der Waals surface area contributed by atoms with Crippen LogP contribution in [0.25, 0.3) is 0 Å². The number of rotatable bonds is 1. The molecule has 0 radical (unpaired) electrons. The second kappa shape index (κ2) is 1.50. The average Bonchev–Trinajstić information content (AvgIpc) is 2.14. The number of nitrogens with one attached hydrogen (secondary N) is 2. The molecule has 2 N–H and O–H groups in total. The van der Waals surface area contributed by atoms with Gasteiger partial charge in [0.15, 0.2) is 0 Å². The van der Waals surface area contributed by atoms with Crippen LogP contribution in [0.15, 0.2) is 0 Å². The van der Waals surface area contributed by atoms with E-state index in [9.17, 15) is 4.48 Å². The van der Waals surface area contributed by atoms with E-state index in [2.05, 4.69) is 20.6 Å². The number of nitrogens with zero attached hydrogens (tertiary/aromatic N) is 3. The first-order chi connectivity index (χ1) is 3.43. The molecule has 0 bridgehead atoms. The maximum absolute atomic E-state index is 11.1. The van der Waals surface area contributed by atoms with Crippen LogP contribution in [0.5, 0.6) is 0 Å². The molecule has 1 aromatic heterocycles. The van der Waals surface area contributed by atoms with E-state index in [1.807, 2.05) is 0 Å². The maximum Gasteiger partial charge on any atom is 0.290 e. The highest BCUT2D eigenvalue weighted by molar-refractivity contribution is 5.12. The van der Waals surface area contributed by atoms with E-state index in [0.29, 0.717) is 0 Å². The number of aromatic amines is 1. The Bertz CT molecular complexity index is 123. The predicted molar refractivity (Wildman–Crippen MR) is 18.9 cm³/mol. The van der Waals surface area contributed by atoms with Crippen LogP contribution >= 0.6 is 0 Å². The highest BCUT2D eigenvalue weighted by Crippen LogP contribution is 1.85. The van der Waals surface area contributed by atoms with Gasteiger partial charge in [-0.3, -0.25) is 0 Å². The Labute approximate surface area is 37.9 Å². The van der Waals surface area contributed by atoms with Crippen LogP contribution in [0.4, 0.5) is 10.4 Å². The molecule has 1 rings (SSSR count). The number of halogens is 1. The zero-order valence-corrected chi connectivity index (χ0v) is 3.22. The third-order valence-corrected chi connectivity index (χ3v) is 0.430. The molecule has 0 unspecified atom stereocenters. The summed E-state index contributed by atoms with van der Waals surface area (Å²) in [5, 5.41) is 11.5. The van der Waals surface area contributed by atoms with Crippen molar-refractivity contribution in [3.05, 3.63) is 0 Å². The average molecular weight is 103 g/mol. The van der Waals surface area contributed by atoms with Crippen molar-refractivity contribution in [2.24, 2.45) is 0 Å². The third-order valence-electron chi connectivity index (χ3n) is 0.430. The summed E-state index contributed by atoms with van der Waals surface area (Å²) in [4.78, 5) is 0. The van der Waals surface area contributed by atoms with Crippen LogP contribution in [0, 0.1) is 0 Å². The number of aromatic nitrogens is 4. The third kappa shape index (κ3) is 0.619. The molecule has 7 heavy (non-hydrogen) atoms. The van der Waals surface area contributed by atoms with Gasteiger partial charge in [-0.15, -0.1) is 5.10 Å². The topological polar surface area (TPSA) is 66.5 Å². The summed E-state index contributed by atoms with van der Waals surface area (Å²) in [6.45, 7) is 0. The first-order valence-corrected chi connectivity index (χ1v) is 1.53. The number of anilines is 1. The molecule has 0 spiro atoms. The van der Waals surface area contributed by atoms with Crippen molar-refractivity contribution in [2.75, 3.05) is 5.54 Å². The van der Waals surface area contributed by atoms with Gasteiger partial charge in [0.25, 0.3) is 5.95 Å². The Morgan fingerprint density at radius 3 is 2.86 bits per heavy atom. The summed E-state index contributed by atoms with van der Waals surface area (Å²) in [5.41, 5.74) is 1.19. The van der Waals surface area contributed by atoms with Gasteiger partial charge in [-0.05, 0) is 5.21 Å². The van der Waals surface area contributed by atoms with E-state index in [0.717, 1.165) is 0 Å². The zero-order chi connectivity index (χ0) is 5.11. The fraction of sp³-hybridized carbons (Fsp3) is 0. The molecule has 0 atom stereocenters. The molecule has 0 aliphatic rings. The van der Waals surface area contributed by atoms with Gasteiger partial charge in [0, 0.05) is 0 Å². The molecule has 0 saturated carbocycles. The van der Waals surface area contributed by atoms with E-state index in [1.165, 1.54) is 5.54 Å². The molecule has 0 aromatic carbocycles. The second-order valence-electron chi connectivity index (χ2n) is 0.830. The Hall–Kier alpha value is -1.20. The van der Waals surface area contributed by atoms with Gasteiger partial charge in [0.2, 0.25) is 0 Å². The molecule has 0 saturated heterocycles. The predicted octanol–water partition coefficient (Wildman–Crippen LogP) is -0.504. The van der Waals surface area contributed by atoms with Gasteiger partial charge in [-0.2, -0.15) is 10.8 Å². The van der Waals surface area contributed by atoms with Gasteiger partial charge >= 0.3 is 0 Å². The number of tetrazole rings is 1. The summed E-state index contributed by atoms with van der Waals surface area (Å²) in [6, 6.07) is 0. The smallest absolute Gasteiger partial charge is 0.187 e. The Balaban J connectivity index is 2.76. The Morgan fingerprint density at radius 2 is 2.57 bits per heavy atom. The minimum absolute atomic E-state index is 0.153. The van der Waals surface area contributed by atoms with Crippen LogP contribution in [-0.4, -0.2) is 20.6 Å². The Morgan fingerprint density at radius 1 is 1.71 bits per heavy atom. The molecule has 0 amide bonds. The first kappa shape index (κ1) is 3.97. The molecule has 1 heterocycles.